The Morgan fingerprint density at radius 3 is 2.41 bits per heavy atom. The molecule has 0 bridgehead atoms. The van der Waals surface area contributed by atoms with Gasteiger partial charge >= 0.3 is 0 Å². The van der Waals surface area contributed by atoms with Gasteiger partial charge in [-0.25, -0.2) is 0 Å². The van der Waals surface area contributed by atoms with Crippen LogP contribution in [0.3, 0.4) is 0 Å². The van der Waals surface area contributed by atoms with Gasteiger partial charge in [-0.15, -0.1) is 0 Å². The van der Waals surface area contributed by atoms with Gasteiger partial charge in [-0.1, -0.05) is 56.5 Å². The molecule has 2 heteroatoms. The van der Waals surface area contributed by atoms with Crippen molar-refractivity contribution in [1.29, 1.82) is 0 Å². The van der Waals surface area contributed by atoms with E-state index in [1.807, 2.05) is 37.3 Å². The van der Waals surface area contributed by atoms with Crippen molar-refractivity contribution in [2.24, 2.45) is 5.73 Å². The Kier molecular flexibility index (Phi) is 5.36. The van der Waals surface area contributed by atoms with Gasteiger partial charge < -0.3 is 5.73 Å². The van der Waals surface area contributed by atoms with Crippen molar-refractivity contribution < 1.29 is 4.79 Å². The highest BCUT2D eigenvalue weighted by atomic mass is 16.1. The van der Waals surface area contributed by atoms with Gasteiger partial charge in [0, 0.05) is 6.42 Å². The number of rotatable bonds is 7. The highest BCUT2D eigenvalue weighted by Crippen LogP contribution is 2.21. The van der Waals surface area contributed by atoms with Gasteiger partial charge in [0.1, 0.15) is 0 Å². The van der Waals surface area contributed by atoms with Gasteiger partial charge in [0.2, 0.25) is 0 Å². The van der Waals surface area contributed by atoms with Crippen molar-refractivity contribution >= 4 is 5.78 Å². The Morgan fingerprint density at radius 1 is 1.18 bits per heavy atom. The summed E-state index contributed by atoms with van der Waals surface area (Å²) in [6.07, 6.45) is 5.04. The lowest BCUT2D eigenvalue weighted by Gasteiger charge is -2.23. The quantitative estimate of drug-likeness (QED) is 0.733. The minimum absolute atomic E-state index is 0.139. The van der Waals surface area contributed by atoms with Crippen LogP contribution in [-0.2, 0) is 10.3 Å². The Balaban J connectivity index is 2.55. The monoisotopic (exact) mass is 233 g/mol. The molecule has 0 aromatic heterocycles. The van der Waals surface area contributed by atoms with E-state index in [0.717, 1.165) is 18.4 Å². The second-order valence-corrected chi connectivity index (χ2v) is 4.80. The first-order valence-electron chi connectivity index (χ1n) is 6.46. The molecule has 1 atom stereocenters. The molecule has 2 nitrogen and oxygen atoms in total. The van der Waals surface area contributed by atoms with E-state index >= 15 is 0 Å². The molecule has 0 spiro atoms. The maximum absolute atomic E-state index is 12.1. The van der Waals surface area contributed by atoms with Gasteiger partial charge in [-0.2, -0.15) is 0 Å². The first kappa shape index (κ1) is 13.9. The lowest BCUT2D eigenvalue weighted by molar-refractivity contribution is -0.124. The van der Waals surface area contributed by atoms with Crippen LogP contribution in [0.4, 0.5) is 0 Å². The third-order valence-electron chi connectivity index (χ3n) is 3.21. The predicted octanol–water partition coefficient (Wildman–Crippen LogP) is 3.40. The maximum Gasteiger partial charge on any atom is 0.156 e. The summed E-state index contributed by atoms with van der Waals surface area (Å²) in [6.45, 7) is 3.98. The molecule has 0 aliphatic heterocycles. The summed E-state index contributed by atoms with van der Waals surface area (Å²) in [7, 11) is 0. The topological polar surface area (TPSA) is 43.1 Å². The standard InChI is InChI=1S/C15H23NO/c1-3-4-5-9-12-14(17)15(2,16)13-10-7-6-8-11-13/h6-8,10-11H,3-5,9,12,16H2,1-2H3. The molecule has 1 aromatic rings. The lowest BCUT2D eigenvalue weighted by atomic mass is 9.86. The van der Waals surface area contributed by atoms with Crippen LogP contribution in [0.25, 0.3) is 0 Å². The first-order chi connectivity index (χ1) is 8.09. The van der Waals surface area contributed by atoms with Crippen molar-refractivity contribution in [3.63, 3.8) is 0 Å². The van der Waals surface area contributed by atoms with E-state index in [4.69, 9.17) is 5.73 Å². The fourth-order valence-electron chi connectivity index (χ4n) is 1.92. The summed E-state index contributed by atoms with van der Waals surface area (Å²) in [6, 6.07) is 9.62. The third kappa shape index (κ3) is 3.97. The van der Waals surface area contributed by atoms with Gasteiger partial charge in [0.15, 0.2) is 5.78 Å². The van der Waals surface area contributed by atoms with E-state index in [1.165, 1.54) is 12.8 Å². The molecular formula is C15H23NO. The van der Waals surface area contributed by atoms with Crippen molar-refractivity contribution in [3.05, 3.63) is 35.9 Å². The van der Waals surface area contributed by atoms with Crippen LogP contribution in [-0.4, -0.2) is 5.78 Å². The Bertz CT molecular complexity index is 343. The van der Waals surface area contributed by atoms with Crippen LogP contribution in [0.5, 0.6) is 0 Å². The number of carbonyl (C=O) groups is 1. The average molecular weight is 233 g/mol. The third-order valence-corrected chi connectivity index (χ3v) is 3.21. The molecule has 94 valence electrons. The number of nitrogens with two attached hydrogens (primary N) is 1. The normalized spacial score (nSPS) is 14.3. The van der Waals surface area contributed by atoms with Crippen LogP contribution >= 0.6 is 0 Å². The molecule has 0 radical (unpaired) electrons. The molecular weight excluding hydrogens is 210 g/mol. The number of unbranched alkanes of at least 4 members (excludes halogenated alkanes) is 3. The fourth-order valence-corrected chi connectivity index (χ4v) is 1.92. The Morgan fingerprint density at radius 2 is 1.82 bits per heavy atom. The van der Waals surface area contributed by atoms with E-state index in [-0.39, 0.29) is 5.78 Å². The van der Waals surface area contributed by atoms with E-state index in [2.05, 4.69) is 6.92 Å². The predicted molar refractivity (Wildman–Crippen MR) is 71.7 cm³/mol. The Labute approximate surface area is 104 Å². The Hall–Kier alpha value is -1.15. The number of Topliss-reactive ketones (excluding diaryl/α,β-unsaturated/α-hetero) is 1. The minimum atomic E-state index is -0.840. The number of benzene rings is 1. The fraction of sp³-hybridized carbons (Fsp3) is 0.533. The molecule has 2 N–H and O–H groups in total. The molecule has 0 aliphatic carbocycles. The zero-order valence-corrected chi connectivity index (χ0v) is 10.9. The zero-order valence-electron chi connectivity index (χ0n) is 10.9. The molecule has 1 unspecified atom stereocenters. The van der Waals surface area contributed by atoms with Crippen LogP contribution in [0.15, 0.2) is 30.3 Å². The highest BCUT2D eigenvalue weighted by Gasteiger charge is 2.29. The minimum Gasteiger partial charge on any atom is -0.315 e. The molecule has 0 saturated heterocycles. The number of carbonyl (C=O) groups excluding carboxylic acids is 1. The van der Waals surface area contributed by atoms with Crippen molar-refractivity contribution in [3.8, 4) is 0 Å². The largest absolute Gasteiger partial charge is 0.315 e. The molecule has 0 heterocycles. The molecule has 0 amide bonds. The number of hydrogen-bond donors (Lipinski definition) is 1. The van der Waals surface area contributed by atoms with Crippen molar-refractivity contribution in [1.82, 2.24) is 0 Å². The molecule has 1 aromatic carbocycles. The molecule has 1 rings (SSSR count). The summed E-state index contributed by atoms with van der Waals surface area (Å²) in [4.78, 5) is 12.1. The summed E-state index contributed by atoms with van der Waals surface area (Å²) in [5.74, 6) is 0.139. The summed E-state index contributed by atoms with van der Waals surface area (Å²) >= 11 is 0. The molecule has 0 aliphatic rings. The van der Waals surface area contributed by atoms with E-state index in [9.17, 15) is 4.79 Å². The zero-order chi connectivity index (χ0) is 12.7. The van der Waals surface area contributed by atoms with E-state index in [1.54, 1.807) is 0 Å². The molecule has 0 fully saturated rings. The number of ketones is 1. The van der Waals surface area contributed by atoms with Crippen molar-refractivity contribution in [2.75, 3.05) is 0 Å². The molecule has 0 saturated carbocycles. The lowest BCUT2D eigenvalue weighted by Crippen LogP contribution is -2.41. The smallest absolute Gasteiger partial charge is 0.156 e. The van der Waals surface area contributed by atoms with Gasteiger partial charge in [-0.3, -0.25) is 4.79 Å². The van der Waals surface area contributed by atoms with Crippen LogP contribution in [0, 0.1) is 0 Å². The number of hydrogen-bond acceptors (Lipinski definition) is 2. The van der Waals surface area contributed by atoms with E-state index in [0.29, 0.717) is 6.42 Å². The van der Waals surface area contributed by atoms with E-state index < -0.39 is 5.54 Å². The summed E-state index contributed by atoms with van der Waals surface area (Å²) < 4.78 is 0. The maximum atomic E-state index is 12.1. The second kappa shape index (κ2) is 6.55. The van der Waals surface area contributed by atoms with Crippen LogP contribution in [0.2, 0.25) is 0 Å². The van der Waals surface area contributed by atoms with Gasteiger partial charge in [-0.05, 0) is 18.9 Å². The van der Waals surface area contributed by atoms with Crippen molar-refractivity contribution in [2.45, 2.75) is 51.5 Å². The highest BCUT2D eigenvalue weighted by molar-refractivity contribution is 5.88. The summed E-state index contributed by atoms with van der Waals surface area (Å²) in [5.41, 5.74) is 6.21. The average Bonchev–Trinajstić information content (AvgIpc) is 2.35. The van der Waals surface area contributed by atoms with Crippen LogP contribution < -0.4 is 5.73 Å². The SMILES string of the molecule is CCCCCCC(=O)C(C)(N)c1ccccc1. The second-order valence-electron chi connectivity index (χ2n) is 4.80. The first-order valence-corrected chi connectivity index (χ1v) is 6.46. The van der Waals surface area contributed by atoms with Crippen LogP contribution in [0.1, 0.15) is 51.5 Å². The van der Waals surface area contributed by atoms with Gasteiger partial charge in [0.25, 0.3) is 0 Å². The molecule has 17 heavy (non-hydrogen) atoms. The van der Waals surface area contributed by atoms with Gasteiger partial charge in [0.05, 0.1) is 5.54 Å². The summed E-state index contributed by atoms with van der Waals surface area (Å²) in [5, 5.41) is 0.